The molecule has 0 saturated heterocycles. The van der Waals surface area contributed by atoms with E-state index in [0.717, 1.165) is 38.9 Å². The van der Waals surface area contributed by atoms with Crippen LogP contribution in [0.3, 0.4) is 0 Å². The van der Waals surface area contributed by atoms with Gasteiger partial charge in [-0.2, -0.15) is 18.3 Å². The lowest BCUT2D eigenvalue weighted by atomic mass is 9.86. The van der Waals surface area contributed by atoms with Gasteiger partial charge >= 0.3 is 6.18 Å². The predicted octanol–water partition coefficient (Wildman–Crippen LogP) is 8.25. The van der Waals surface area contributed by atoms with Crippen LogP contribution in [0, 0.1) is 28.2 Å². The van der Waals surface area contributed by atoms with Crippen molar-refractivity contribution in [3.8, 4) is 5.69 Å². The first-order valence-corrected chi connectivity index (χ1v) is 16.6. The Balaban J connectivity index is 1.37. The van der Waals surface area contributed by atoms with Crippen molar-refractivity contribution in [1.29, 1.82) is 0 Å². The highest BCUT2D eigenvalue weighted by Crippen LogP contribution is 2.38. The van der Waals surface area contributed by atoms with Gasteiger partial charge in [-0.05, 0) is 77.4 Å². The van der Waals surface area contributed by atoms with Gasteiger partial charge in [0.2, 0.25) is 0 Å². The average Bonchev–Trinajstić information content (AvgIpc) is 3.79. The molecule has 4 aromatic rings. The summed E-state index contributed by atoms with van der Waals surface area (Å²) in [5.41, 5.74) is 7.32. The Kier molecular flexibility index (Phi) is 9.08. The molecule has 1 amide bonds. The molecule has 12 heteroatoms. The minimum Gasteiger partial charge on any atom is -0.330 e. The number of benzene rings is 2. The van der Waals surface area contributed by atoms with Crippen LogP contribution in [0.5, 0.6) is 0 Å². The fraction of sp³-hybridized carbons (Fsp3) is 0.343. The summed E-state index contributed by atoms with van der Waals surface area (Å²) in [6, 6.07) is 9.55. The molecular formula is C35H36F4N6OS. The van der Waals surface area contributed by atoms with E-state index in [1.807, 2.05) is 23.8 Å². The molecule has 6 rings (SSSR count). The van der Waals surface area contributed by atoms with E-state index in [9.17, 15) is 18.0 Å². The molecule has 2 heterocycles. The molecule has 1 saturated carbocycles. The fourth-order valence-electron chi connectivity index (χ4n) is 6.08. The quantitative estimate of drug-likeness (QED) is 0.147. The van der Waals surface area contributed by atoms with Gasteiger partial charge in [0.15, 0.2) is 5.69 Å². The summed E-state index contributed by atoms with van der Waals surface area (Å²) in [6.45, 7) is 4.07. The average molecular weight is 665 g/mol. The largest absolute Gasteiger partial charge is 0.435 e. The van der Waals surface area contributed by atoms with Crippen LogP contribution < -0.4 is 11.1 Å². The summed E-state index contributed by atoms with van der Waals surface area (Å²) in [6.07, 6.45) is 8.48. The molecule has 2 aromatic carbocycles. The van der Waals surface area contributed by atoms with Gasteiger partial charge in [0.25, 0.3) is 5.91 Å². The molecule has 2 aromatic heterocycles. The molecule has 2 aliphatic carbocycles. The van der Waals surface area contributed by atoms with Crippen molar-refractivity contribution >= 4 is 34.5 Å². The topological polar surface area (TPSA) is 90.8 Å². The highest BCUT2D eigenvalue weighted by atomic mass is 32.1. The molecule has 0 radical (unpaired) electrons. The van der Waals surface area contributed by atoms with Crippen LogP contribution in [-0.4, -0.2) is 31.1 Å². The van der Waals surface area contributed by atoms with Crippen molar-refractivity contribution in [1.82, 2.24) is 19.3 Å². The molecule has 0 aliphatic heterocycles. The number of halogens is 4. The maximum atomic E-state index is 15.3. The molecule has 7 nitrogen and oxygen atoms in total. The van der Waals surface area contributed by atoms with E-state index < -0.39 is 35.3 Å². The Morgan fingerprint density at radius 2 is 1.96 bits per heavy atom. The van der Waals surface area contributed by atoms with Crippen molar-refractivity contribution in [3.05, 3.63) is 106 Å². The SMILES string of the molecule is C=S=c1cnccn1C(CCC1CC1)c1ccc(F)c(NC(=O)c2cc(C(F)(F)F)nn2-c2ccc3c(c2)C(N)C(C)C(C)C=C3)c1. The maximum Gasteiger partial charge on any atom is 0.435 e. The second-order valence-electron chi connectivity index (χ2n) is 12.4. The number of amides is 1. The van der Waals surface area contributed by atoms with E-state index in [1.54, 1.807) is 36.7 Å². The predicted molar refractivity (Wildman–Crippen MR) is 177 cm³/mol. The van der Waals surface area contributed by atoms with Crippen LogP contribution in [0.4, 0.5) is 23.2 Å². The summed E-state index contributed by atoms with van der Waals surface area (Å²) < 4.78 is 60.8. The first kappa shape index (κ1) is 32.6. The van der Waals surface area contributed by atoms with E-state index in [-0.39, 0.29) is 29.3 Å². The second kappa shape index (κ2) is 13.1. The van der Waals surface area contributed by atoms with Crippen molar-refractivity contribution < 1.29 is 22.4 Å². The number of hydrogen-bond donors (Lipinski definition) is 2. The Hall–Kier alpha value is -4.29. The Bertz CT molecular complexity index is 1940. The van der Waals surface area contributed by atoms with Crippen molar-refractivity contribution in [2.24, 2.45) is 23.5 Å². The van der Waals surface area contributed by atoms with E-state index >= 15 is 4.39 Å². The molecule has 4 unspecified atom stereocenters. The van der Waals surface area contributed by atoms with Crippen LogP contribution in [0.2, 0.25) is 0 Å². The van der Waals surface area contributed by atoms with Gasteiger partial charge < -0.3 is 15.6 Å². The first-order chi connectivity index (χ1) is 22.4. The monoisotopic (exact) mass is 664 g/mol. The Labute approximate surface area is 273 Å². The molecule has 3 N–H and O–H groups in total. The fourth-order valence-corrected chi connectivity index (χ4v) is 6.55. The van der Waals surface area contributed by atoms with Crippen molar-refractivity contribution in [3.63, 3.8) is 0 Å². The van der Waals surface area contributed by atoms with Gasteiger partial charge in [-0.3, -0.25) is 9.78 Å². The smallest absolute Gasteiger partial charge is 0.330 e. The van der Waals surface area contributed by atoms with Gasteiger partial charge in [-0.25, -0.2) is 9.07 Å². The summed E-state index contributed by atoms with van der Waals surface area (Å²) in [5, 5.41) is 6.31. The zero-order valence-corrected chi connectivity index (χ0v) is 26.9. The first-order valence-electron chi connectivity index (χ1n) is 15.6. The molecule has 2 aliphatic rings. The lowest BCUT2D eigenvalue weighted by molar-refractivity contribution is -0.141. The number of rotatable bonds is 8. The van der Waals surface area contributed by atoms with Gasteiger partial charge in [0.1, 0.15) is 16.2 Å². The molecule has 0 bridgehead atoms. The van der Waals surface area contributed by atoms with Crippen LogP contribution in [0.1, 0.15) is 84.5 Å². The summed E-state index contributed by atoms with van der Waals surface area (Å²) in [5.74, 6) is 3.16. The third-order valence-electron chi connectivity index (χ3n) is 9.29. The third-order valence-corrected chi connectivity index (χ3v) is 9.90. The zero-order chi connectivity index (χ0) is 33.5. The summed E-state index contributed by atoms with van der Waals surface area (Å²) >= 11 is 0. The lowest BCUT2D eigenvalue weighted by Crippen LogP contribution is -2.23. The normalized spacial score (nSPS) is 19.9. The molecule has 4 atom stereocenters. The number of alkyl halides is 3. The van der Waals surface area contributed by atoms with Crippen LogP contribution in [0.15, 0.2) is 67.1 Å². The van der Waals surface area contributed by atoms with E-state index in [2.05, 4.69) is 34.3 Å². The third kappa shape index (κ3) is 6.89. The van der Waals surface area contributed by atoms with Crippen LogP contribution in [-0.2, 0) is 6.18 Å². The van der Waals surface area contributed by atoms with Crippen molar-refractivity contribution in [2.45, 2.75) is 57.8 Å². The van der Waals surface area contributed by atoms with Gasteiger partial charge in [-0.15, -0.1) is 10.9 Å². The number of nitrogens with zero attached hydrogens (tertiary/aromatic N) is 4. The summed E-state index contributed by atoms with van der Waals surface area (Å²) in [4.78, 5) is 17.9. The highest BCUT2D eigenvalue weighted by molar-refractivity contribution is 7.88. The Morgan fingerprint density at radius 3 is 2.68 bits per heavy atom. The van der Waals surface area contributed by atoms with Crippen LogP contribution in [0.25, 0.3) is 11.8 Å². The molecule has 47 heavy (non-hydrogen) atoms. The number of fused-ring (bicyclic) bond motifs is 1. The highest BCUT2D eigenvalue weighted by Gasteiger charge is 2.36. The van der Waals surface area contributed by atoms with E-state index in [4.69, 9.17) is 5.73 Å². The minimum atomic E-state index is -4.82. The Morgan fingerprint density at radius 1 is 1.17 bits per heavy atom. The minimum absolute atomic E-state index is 0.0609. The lowest BCUT2D eigenvalue weighted by Gasteiger charge is -2.23. The number of carbonyl (C=O) groups is 1. The number of aromatic nitrogens is 4. The van der Waals surface area contributed by atoms with Gasteiger partial charge in [0.05, 0.1) is 23.6 Å². The number of nitrogens with one attached hydrogen (secondary N) is 1. The van der Waals surface area contributed by atoms with Crippen molar-refractivity contribution in [2.75, 3.05) is 5.32 Å². The number of anilines is 1. The number of carbonyl (C=O) groups excluding carboxylic acids is 1. The molecule has 246 valence electrons. The number of allylic oxidation sites excluding steroid dienone is 1. The zero-order valence-electron chi connectivity index (χ0n) is 26.0. The van der Waals surface area contributed by atoms with E-state index in [0.29, 0.717) is 12.0 Å². The van der Waals surface area contributed by atoms with Crippen LogP contribution >= 0.6 is 10.9 Å². The number of nitrogens with two attached hydrogens (primary N) is 1. The molecule has 0 spiro atoms. The standard InChI is InChI=1S/C35H36F4N6OS/c1-20-4-8-23-9-11-25(17-26(23)33(40)21(20)2)45-30(18-31(43-45)35(37,38)39)34(46)42-28-16-24(10-12-27(28)36)29(13-7-22-5-6-22)44-15-14-41-19-32(44)47-3/h4,8-12,14-22,29,33H,3,5-7,13,40H2,1-2H3,(H,42,46). The van der Waals surface area contributed by atoms with Gasteiger partial charge in [-0.1, -0.05) is 51.0 Å². The maximum absolute atomic E-state index is 15.3. The van der Waals surface area contributed by atoms with E-state index in [1.165, 1.54) is 35.9 Å². The summed E-state index contributed by atoms with van der Waals surface area (Å²) in [7, 11) is 1.29. The number of hydrogen-bond acceptors (Lipinski definition) is 4. The molecular weight excluding hydrogens is 628 g/mol. The van der Waals surface area contributed by atoms with Gasteiger partial charge in [0, 0.05) is 24.5 Å². The second-order valence-corrected chi connectivity index (χ2v) is 13.1. The molecule has 1 fully saturated rings.